The van der Waals surface area contributed by atoms with Crippen molar-refractivity contribution in [3.63, 3.8) is 0 Å². The molecule has 0 saturated carbocycles. The smallest absolute Gasteiger partial charge is 0.320 e. The van der Waals surface area contributed by atoms with Crippen molar-refractivity contribution < 1.29 is 4.79 Å². The molecule has 0 spiro atoms. The maximum atomic E-state index is 11.9. The summed E-state index contributed by atoms with van der Waals surface area (Å²) in [5, 5.41) is 9.70. The minimum Gasteiger partial charge on any atom is -0.332 e. The van der Waals surface area contributed by atoms with Gasteiger partial charge in [-0.15, -0.1) is 0 Å². The largest absolute Gasteiger partial charge is 0.332 e. The predicted octanol–water partition coefficient (Wildman–Crippen LogP) is 1.70. The Kier molecular flexibility index (Phi) is 3.31. The number of amides is 2. The van der Waals surface area contributed by atoms with Crippen molar-refractivity contribution in [3.05, 3.63) is 48.0 Å². The first-order valence-corrected chi connectivity index (χ1v) is 6.60. The van der Waals surface area contributed by atoms with E-state index in [4.69, 9.17) is 0 Å². The molecule has 108 valence electrons. The highest BCUT2D eigenvalue weighted by Crippen LogP contribution is 2.08. The SMILES string of the molecule is Cc1cc(NC(=O)NCc2cn3ccccc3n2)n(C)n1. The number of carbonyl (C=O) groups excluding carboxylic acids is 1. The van der Waals surface area contributed by atoms with Gasteiger partial charge in [0, 0.05) is 25.5 Å². The molecule has 21 heavy (non-hydrogen) atoms. The van der Waals surface area contributed by atoms with E-state index in [1.165, 1.54) is 0 Å². The summed E-state index contributed by atoms with van der Waals surface area (Å²) in [6.07, 6.45) is 3.81. The van der Waals surface area contributed by atoms with Crippen LogP contribution in [-0.2, 0) is 13.6 Å². The number of aromatic nitrogens is 4. The number of aryl methyl sites for hydroxylation is 2. The minimum atomic E-state index is -0.282. The first kappa shape index (κ1) is 13.2. The molecular weight excluding hydrogens is 268 g/mol. The lowest BCUT2D eigenvalue weighted by atomic mass is 10.4. The van der Waals surface area contributed by atoms with E-state index in [9.17, 15) is 4.79 Å². The number of imidazole rings is 1. The summed E-state index contributed by atoms with van der Waals surface area (Å²) in [6, 6.07) is 7.31. The number of nitrogens with one attached hydrogen (secondary N) is 2. The number of rotatable bonds is 3. The van der Waals surface area contributed by atoms with E-state index in [1.807, 2.05) is 48.0 Å². The topological polar surface area (TPSA) is 76.2 Å². The van der Waals surface area contributed by atoms with Gasteiger partial charge in [0.05, 0.1) is 17.9 Å². The normalized spacial score (nSPS) is 10.8. The number of nitrogens with zero attached hydrogens (tertiary/aromatic N) is 4. The Morgan fingerprint density at radius 3 is 2.95 bits per heavy atom. The summed E-state index contributed by atoms with van der Waals surface area (Å²) >= 11 is 0. The molecule has 0 aromatic carbocycles. The van der Waals surface area contributed by atoms with Crippen LogP contribution < -0.4 is 10.6 Å². The average Bonchev–Trinajstić information content (AvgIpc) is 2.99. The third-order valence-corrected chi connectivity index (χ3v) is 3.09. The van der Waals surface area contributed by atoms with Crippen LogP contribution in [0.5, 0.6) is 0 Å². The lowest BCUT2D eigenvalue weighted by Gasteiger charge is -2.05. The summed E-state index contributed by atoms with van der Waals surface area (Å²) in [5.41, 5.74) is 2.52. The highest BCUT2D eigenvalue weighted by Gasteiger charge is 2.07. The fourth-order valence-corrected chi connectivity index (χ4v) is 2.13. The molecule has 0 aliphatic rings. The maximum absolute atomic E-state index is 11.9. The second-order valence-corrected chi connectivity index (χ2v) is 4.80. The molecule has 0 saturated heterocycles. The molecule has 3 rings (SSSR count). The molecular formula is C14H16N6O. The molecule has 7 nitrogen and oxygen atoms in total. The Labute approximate surface area is 121 Å². The van der Waals surface area contributed by atoms with Gasteiger partial charge in [0.25, 0.3) is 0 Å². The number of anilines is 1. The van der Waals surface area contributed by atoms with Gasteiger partial charge in [-0.1, -0.05) is 6.07 Å². The summed E-state index contributed by atoms with van der Waals surface area (Å²) in [6.45, 7) is 2.24. The third kappa shape index (κ3) is 2.86. The average molecular weight is 284 g/mol. The second-order valence-electron chi connectivity index (χ2n) is 4.80. The van der Waals surface area contributed by atoms with E-state index in [2.05, 4.69) is 20.7 Å². The Bertz CT molecular complexity index is 755. The van der Waals surface area contributed by atoms with Crippen molar-refractivity contribution in [1.82, 2.24) is 24.5 Å². The van der Waals surface area contributed by atoms with Crippen molar-refractivity contribution in [1.29, 1.82) is 0 Å². The van der Waals surface area contributed by atoms with Crippen molar-refractivity contribution in [2.45, 2.75) is 13.5 Å². The number of hydrogen-bond acceptors (Lipinski definition) is 3. The molecule has 0 aliphatic heterocycles. The summed E-state index contributed by atoms with van der Waals surface area (Å²) < 4.78 is 3.54. The zero-order valence-corrected chi connectivity index (χ0v) is 11.9. The van der Waals surface area contributed by atoms with Crippen LogP contribution in [0, 0.1) is 6.92 Å². The van der Waals surface area contributed by atoms with Crippen molar-refractivity contribution >= 4 is 17.5 Å². The van der Waals surface area contributed by atoms with Crippen LogP contribution >= 0.6 is 0 Å². The lowest BCUT2D eigenvalue weighted by Crippen LogP contribution is -2.29. The number of carbonyl (C=O) groups is 1. The molecule has 0 atom stereocenters. The second kappa shape index (κ2) is 5.28. The lowest BCUT2D eigenvalue weighted by molar-refractivity contribution is 0.251. The molecule has 0 unspecified atom stereocenters. The monoisotopic (exact) mass is 284 g/mol. The van der Waals surface area contributed by atoms with Crippen LogP contribution in [0.15, 0.2) is 36.7 Å². The molecule has 0 bridgehead atoms. The number of hydrogen-bond donors (Lipinski definition) is 2. The van der Waals surface area contributed by atoms with Gasteiger partial charge in [-0.05, 0) is 19.1 Å². The first-order chi connectivity index (χ1) is 10.1. The van der Waals surface area contributed by atoms with E-state index < -0.39 is 0 Å². The van der Waals surface area contributed by atoms with Crippen molar-refractivity contribution in [2.75, 3.05) is 5.32 Å². The zero-order valence-electron chi connectivity index (χ0n) is 11.9. The van der Waals surface area contributed by atoms with Gasteiger partial charge in [-0.3, -0.25) is 10.00 Å². The van der Waals surface area contributed by atoms with Crippen LogP contribution in [-0.4, -0.2) is 25.2 Å². The van der Waals surface area contributed by atoms with E-state index >= 15 is 0 Å². The standard InChI is InChI=1S/C14H16N6O/c1-10-7-13(19(2)18-10)17-14(21)15-8-11-9-20-6-4-3-5-12(20)16-11/h3-7,9H,8H2,1-2H3,(H2,15,17,21). The van der Waals surface area contributed by atoms with Gasteiger partial charge in [-0.2, -0.15) is 5.10 Å². The van der Waals surface area contributed by atoms with Gasteiger partial charge in [0.1, 0.15) is 11.5 Å². The first-order valence-electron chi connectivity index (χ1n) is 6.60. The van der Waals surface area contributed by atoms with Crippen LogP contribution in [0.2, 0.25) is 0 Å². The summed E-state index contributed by atoms with van der Waals surface area (Å²) in [4.78, 5) is 16.3. The third-order valence-electron chi connectivity index (χ3n) is 3.09. The molecule has 0 fully saturated rings. The highest BCUT2D eigenvalue weighted by molar-refractivity contribution is 5.88. The number of fused-ring (bicyclic) bond motifs is 1. The zero-order chi connectivity index (χ0) is 14.8. The summed E-state index contributed by atoms with van der Waals surface area (Å²) in [5.74, 6) is 0.653. The molecule has 2 N–H and O–H groups in total. The Morgan fingerprint density at radius 1 is 1.38 bits per heavy atom. The molecule has 3 aromatic heterocycles. The number of urea groups is 1. The van der Waals surface area contributed by atoms with E-state index in [1.54, 1.807) is 11.7 Å². The Balaban J connectivity index is 1.61. The fourth-order valence-electron chi connectivity index (χ4n) is 2.13. The van der Waals surface area contributed by atoms with Crippen molar-refractivity contribution in [3.8, 4) is 0 Å². The van der Waals surface area contributed by atoms with Gasteiger partial charge < -0.3 is 9.72 Å². The van der Waals surface area contributed by atoms with Crippen molar-refractivity contribution in [2.24, 2.45) is 7.05 Å². The molecule has 0 radical (unpaired) electrons. The van der Waals surface area contributed by atoms with Crippen LogP contribution in [0.25, 0.3) is 5.65 Å². The van der Waals surface area contributed by atoms with Gasteiger partial charge >= 0.3 is 6.03 Å². The minimum absolute atomic E-state index is 0.282. The molecule has 3 aromatic rings. The molecule has 3 heterocycles. The Morgan fingerprint density at radius 2 is 2.24 bits per heavy atom. The van der Waals surface area contributed by atoms with Gasteiger partial charge in [-0.25, -0.2) is 9.78 Å². The molecule has 2 amide bonds. The van der Waals surface area contributed by atoms with Gasteiger partial charge in [0.2, 0.25) is 0 Å². The summed E-state index contributed by atoms with van der Waals surface area (Å²) in [7, 11) is 1.78. The Hall–Kier alpha value is -2.83. The highest BCUT2D eigenvalue weighted by atomic mass is 16.2. The van der Waals surface area contributed by atoms with Crippen LogP contribution in [0.3, 0.4) is 0 Å². The fraction of sp³-hybridized carbons (Fsp3) is 0.214. The van der Waals surface area contributed by atoms with E-state index in [0.29, 0.717) is 12.4 Å². The van der Waals surface area contributed by atoms with E-state index in [0.717, 1.165) is 17.0 Å². The van der Waals surface area contributed by atoms with Crippen LogP contribution in [0.1, 0.15) is 11.4 Å². The quantitative estimate of drug-likeness (QED) is 0.768. The molecule has 0 aliphatic carbocycles. The predicted molar refractivity (Wildman–Crippen MR) is 79.0 cm³/mol. The van der Waals surface area contributed by atoms with Crippen LogP contribution in [0.4, 0.5) is 10.6 Å². The molecule has 7 heteroatoms. The number of pyridine rings is 1. The van der Waals surface area contributed by atoms with Gasteiger partial charge in [0.15, 0.2) is 0 Å². The maximum Gasteiger partial charge on any atom is 0.320 e. The van der Waals surface area contributed by atoms with E-state index in [-0.39, 0.29) is 6.03 Å².